The summed E-state index contributed by atoms with van der Waals surface area (Å²) in [7, 11) is 0. The van der Waals surface area contributed by atoms with Crippen molar-refractivity contribution in [3.05, 3.63) is 35.9 Å². The number of rotatable bonds is 2. The van der Waals surface area contributed by atoms with Crippen molar-refractivity contribution in [3.63, 3.8) is 0 Å². The summed E-state index contributed by atoms with van der Waals surface area (Å²) in [6.07, 6.45) is 1.87. The molecule has 92 valence electrons. The molecule has 0 spiro atoms. The van der Waals surface area contributed by atoms with E-state index in [0.29, 0.717) is 24.2 Å². The molecule has 1 fully saturated rings. The van der Waals surface area contributed by atoms with Gasteiger partial charge in [0.05, 0.1) is 0 Å². The van der Waals surface area contributed by atoms with Gasteiger partial charge in [0.25, 0.3) is 0 Å². The van der Waals surface area contributed by atoms with Gasteiger partial charge in [-0.1, -0.05) is 44.2 Å². The van der Waals surface area contributed by atoms with Crippen molar-refractivity contribution in [2.75, 3.05) is 6.54 Å². The lowest BCUT2D eigenvalue weighted by atomic mass is 9.97. The lowest BCUT2D eigenvalue weighted by molar-refractivity contribution is -0.132. The van der Waals surface area contributed by atoms with E-state index in [9.17, 15) is 4.79 Å². The van der Waals surface area contributed by atoms with Gasteiger partial charge in [-0.3, -0.25) is 4.79 Å². The van der Waals surface area contributed by atoms with Crippen LogP contribution >= 0.6 is 0 Å². The Morgan fingerprint density at radius 3 is 2.59 bits per heavy atom. The summed E-state index contributed by atoms with van der Waals surface area (Å²) in [6.45, 7) is 6.09. The first-order valence-corrected chi connectivity index (χ1v) is 6.47. The Bertz CT molecular complexity index is 374. The highest BCUT2D eigenvalue weighted by atomic mass is 16.2. The van der Waals surface area contributed by atoms with E-state index in [2.05, 4.69) is 26.0 Å². The van der Waals surface area contributed by atoms with E-state index < -0.39 is 0 Å². The van der Waals surface area contributed by atoms with Gasteiger partial charge in [0.1, 0.15) is 0 Å². The third kappa shape index (κ3) is 3.32. The first kappa shape index (κ1) is 12.2. The fourth-order valence-corrected chi connectivity index (χ4v) is 2.71. The van der Waals surface area contributed by atoms with Crippen LogP contribution in [-0.2, 0) is 11.3 Å². The summed E-state index contributed by atoms with van der Waals surface area (Å²) in [6, 6.07) is 10.3. The molecule has 0 saturated carbocycles. The summed E-state index contributed by atoms with van der Waals surface area (Å²) in [5.74, 6) is 1.45. The summed E-state index contributed by atoms with van der Waals surface area (Å²) in [5, 5.41) is 0. The van der Waals surface area contributed by atoms with E-state index in [1.807, 2.05) is 23.1 Å². The Morgan fingerprint density at radius 2 is 1.88 bits per heavy atom. The molecule has 1 aromatic rings. The number of carbonyl (C=O) groups excluding carboxylic acids is 1. The van der Waals surface area contributed by atoms with Crippen LogP contribution in [0.25, 0.3) is 0 Å². The van der Waals surface area contributed by atoms with Crippen LogP contribution in [0.3, 0.4) is 0 Å². The van der Waals surface area contributed by atoms with Crippen molar-refractivity contribution in [1.29, 1.82) is 0 Å². The van der Waals surface area contributed by atoms with Crippen LogP contribution in [0, 0.1) is 11.8 Å². The monoisotopic (exact) mass is 231 g/mol. The predicted molar refractivity (Wildman–Crippen MR) is 69.4 cm³/mol. The van der Waals surface area contributed by atoms with Crippen LogP contribution in [-0.4, -0.2) is 17.4 Å². The van der Waals surface area contributed by atoms with Crippen molar-refractivity contribution in [1.82, 2.24) is 4.90 Å². The van der Waals surface area contributed by atoms with E-state index in [-0.39, 0.29) is 0 Å². The largest absolute Gasteiger partial charge is 0.338 e. The number of benzene rings is 1. The molecule has 0 unspecified atom stereocenters. The molecule has 1 aromatic carbocycles. The molecule has 0 aromatic heterocycles. The number of amides is 1. The van der Waals surface area contributed by atoms with E-state index in [1.54, 1.807) is 0 Å². The summed E-state index contributed by atoms with van der Waals surface area (Å²) in [4.78, 5) is 14.1. The maximum absolute atomic E-state index is 12.1. The second-order valence-corrected chi connectivity index (χ2v) is 5.41. The van der Waals surface area contributed by atoms with Crippen molar-refractivity contribution in [3.8, 4) is 0 Å². The normalized spacial score (nSPS) is 25.8. The molecular formula is C15H21NO. The summed E-state index contributed by atoms with van der Waals surface area (Å²) < 4.78 is 0. The highest BCUT2D eigenvalue weighted by Crippen LogP contribution is 2.23. The topological polar surface area (TPSA) is 20.3 Å². The van der Waals surface area contributed by atoms with Crippen LogP contribution < -0.4 is 0 Å². The zero-order valence-electron chi connectivity index (χ0n) is 10.7. The Morgan fingerprint density at radius 1 is 1.18 bits per heavy atom. The van der Waals surface area contributed by atoms with Gasteiger partial charge < -0.3 is 4.90 Å². The zero-order valence-corrected chi connectivity index (χ0v) is 10.7. The third-order valence-corrected chi connectivity index (χ3v) is 3.43. The van der Waals surface area contributed by atoms with Crippen LogP contribution in [0.15, 0.2) is 30.3 Å². The maximum Gasteiger partial charge on any atom is 0.223 e. The molecule has 1 saturated heterocycles. The second kappa shape index (κ2) is 5.35. The maximum atomic E-state index is 12.1. The van der Waals surface area contributed by atoms with E-state index >= 15 is 0 Å². The minimum Gasteiger partial charge on any atom is -0.338 e. The van der Waals surface area contributed by atoms with Crippen LogP contribution in [0.1, 0.15) is 32.3 Å². The smallest absolute Gasteiger partial charge is 0.223 e. The van der Waals surface area contributed by atoms with Crippen molar-refractivity contribution < 1.29 is 4.79 Å². The average molecular weight is 231 g/mol. The number of nitrogens with zero attached hydrogens (tertiary/aromatic N) is 1. The Kier molecular flexibility index (Phi) is 3.82. The standard InChI is InChI=1S/C15H21NO/c1-12-8-13(2)10-16(15(17)9-12)11-14-6-4-3-5-7-14/h3-7,12-13H,8-11H2,1-2H3/t12-,13+/m0/s1. The number of likely N-dealkylation sites (tertiary alicyclic amines) is 1. The summed E-state index contributed by atoms with van der Waals surface area (Å²) >= 11 is 0. The van der Waals surface area contributed by atoms with Gasteiger partial charge >= 0.3 is 0 Å². The van der Waals surface area contributed by atoms with Crippen LogP contribution in [0.5, 0.6) is 0 Å². The quantitative estimate of drug-likeness (QED) is 0.766. The molecule has 1 amide bonds. The van der Waals surface area contributed by atoms with Gasteiger partial charge in [-0.25, -0.2) is 0 Å². The van der Waals surface area contributed by atoms with Gasteiger partial charge in [-0.15, -0.1) is 0 Å². The first-order valence-electron chi connectivity index (χ1n) is 6.47. The van der Waals surface area contributed by atoms with Gasteiger partial charge in [0.2, 0.25) is 5.91 Å². The number of hydrogen-bond acceptors (Lipinski definition) is 1. The summed E-state index contributed by atoms with van der Waals surface area (Å²) in [5.41, 5.74) is 1.22. The van der Waals surface area contributed by atoms with E-state index in [0.717, 1.165) is 19.5 Å². The molecule has 0 aliphatic carbocycles. The van der Waals surface area contributed by atoms with Crippen LogP contribution in [0.4, 0.5) is 0 Å². The third-order valence-electron chi connectivity index (χ3n) is 3.43. The highest BCUT2D eigenvalue weighted by Gasteiger charge is 2.24. The molecule has 2 nitrogen and oxygen atoms in total. The van der Waals surface area contributed by atoms with Crippen LogP contribution in [0.2, 0.25) is 0 Å². The molecule has 0 radical (unpaired) electrons. The minimum absolute atomic E-state index is 0.311. The Labute approximate surface area is 104 Å². The van der Waals surface area contributed by atoms with Gasteiger partial charge in [-0.2, -0.15) is 0 Å². The molecule has 17 heavy (non-hydrogen) atoms. The second-order valence-electron chi connectivity index (χ2n) is 5.41. The molecule has 0 bridgehead atoms. The molecule has 1 aliphatic heterocycles. The minimum atomic E-state index is 0.311. The first-order chi connectivity index (χ1) is 8.15. The van der Waals surface area contributed by atoms with Crippen molar-refractivity contribution >= 4 is 5.91 Å². The highest BCUT2D eigenvalue weighted by molar-refractivity contribution is 5.76. The fourth-order valence-electron chi connectivity index (χ4n) is 2.71. The molecular weight excluding hydrogens is 210 g/mol. The molecule has 1 aliphatic rings. The Hall–Kier alpha value is -1.31. The molecule has 2 heteroatoms. The predicted octanol–water partition coefficient (Wildman–Crippen LogP) is 3.08. The molecule has 0 N–H and O–H groups in total. The molecule has 2 atom stereocenters. The SMILES string of the molecule is C[C@@H]1CC(=O)N(Cc2ccccc2)C[C@H](C)C1. The van der Waals surface area contributed by atoms with Crippen molar-refractivity contribution in [2.24, 2.45) is 11.8 Å². The van der Waals surface area contributed by atoms with Crippen molar-refractivity contribution in [2.45, 2.75) is 33.2 Å². The molecule has 2 rings (SSSR count). The van der Waals surface area contributed by atoms with E-state index in [4.69, 9.17) is 0 Å². The fraction of sp³-hybridized carbons (Fsp3) is 0.533. The lowest BCUT2D eigenvalue weighted by Gasteiger charge is -2.23. The molecule has 1 heterocycles. The van der Waals surface area contributed by atoms with Gasteiger partial charge in [0.15, 0.2) is 0 Å². The Balaban J connectivity index is 2.06. The van der Waals surface area contributed by atoms with E-state index in [1.165, 1.54) is 5.56 Å². The number of hydrogen-bond donors (Lipinski definition) is 0. The van der Waals surface area contributed by atoms with Gasteiger partial charge in [-0.05, 0) is 23.8 Å². The number of carbonyl (C=O) groups is 1. The van der Waals surface area contributed by atoms with Gasteiger partial charge in [0, 0.05) is 19.5 Å². The lowest BCUT2D eigenvalue weighted by Crippen LogP contribution is -2.32. The average Bonchev–Trinajstić information content (AvgIpc) is 2.39. The zero-order chi connectivity index (χ0) is 12.3.